The quantitative estimate of drug-likeness (QED) is 0.623. The highest BCUT2D eigenvalue weighted by molar-refractivity contribution is 6.05. The van der Waals surface area contributed by atoms with E-state index in [1.54, 1.807) is 36.4 Å². The Bertz CT molecular complexity index is 759. The van der Waals surface area contributed by atoms with Crippen molar-refractivity contribution >= 4 is 23.0 Å². The fourth-order valence-corrected chi connectivity index (χ4v) is 2.16. The fraction of sp³-hybridized carbons (Fsp3) is 0.235. The number of hydrogen-bond donors (Lipinski definition) is 2. The second-order valence-corrected chi connectivity index (χ2v) is 5.47. The van der Waals surface area contributed by atoms with Crippen LogP contribution in [0, 0.1) is 10.1 Å². The number of methoxy groups -OCH3 is 1. The molecule has 0 radical (unpaired) electrons. The molecule has 2 aromatic carbocycles. The first kappa shape index (κ1) is 17.3. The van der Waals surface area contributed by atoms with Gasteiger partial charge in [0.15, 0.2) is 0 Å². The van der Waals surface area contributed by atoms with Crippen LogP contribution in [-0.2, 0) is 0 Å². The predicted molar refractivity (Wildman–Crippen MR) is 92.8 cm³/mol. The van der Waals surface area contributed by atoms with Gasteiger partial charge in [-0.05, 0) is 38.1 Å². The molecule has 0 saturated heterocycles. The summed E-state index contributed by atoms with van der Waals surface area (Å²) in [6, 6.07) is 11.3. The van der Waals surface area contributed by atoms with Crippen LogP contribution < -0.4 is 15.4 Å². The van der Waals surface area contributed by atoms with Crippen LogP contribution in [0.3, 0.4) is 0 Å². The van der Waals surface area contributed by atoms with E-state index in [0.717, 1.165) is 0 Å². The summed E-state index contributed by atoms with van der Waals surface area (Å²) < 4.78 is 5.10. The highest BCUT2D eigenvalue weighted by Gasteiger charge is 2.18. The van der Waals surface area contributed by atoms with Crippen molar-refractivity contribution in [2.75, 3.05) is 17.7 Å². The van der Waals surface area contributed by atoms with E-state index < -0.39 is 10.8 Å². The third-order valence-electron chi connectivity index (χ3n) is 3.23. The van der Waals surface area contributed by atoms with E-state index in [1.807, 2.05) is 13.8 Å². The van der Waals surface area contributed by atoms with Crippen molar-refractivity contribution in [2.24, 2.45) is 0 Å². The number of nitro groups is 1. The number of nitrogens with one attached hydrogen (secondary N) is 2. The molecule has 0 unspecified atom stereocenters. The molecule has 0 saturated carbocycles. The molecule has 7 nitrogen and oxygen atoms in total. The molecule has 0 spiro atoms. The Morgan fingerprint density at radius 2 is 1.96 bits per heavy atom. The Morgan fingerprint density at radius 3 is 2.58 bits per heavy atom. The maximum Gasteiger partial charge on any atom is 0.293 e. The average Bonchev–Trinajstić information content (AvgIpc) is 2.54. The Morgan fingerprint density at radius 1 is 1.21 bits per heavy atom. The molecular weight excluding hydrogens is 310 g/mol. The summed E-state index contributed by atoms with van der Waals surface area (Å²) >= 11 is 0. The number of amides is 1. The summed E-state index contributed by atoms with van der Waals surface area (Å²) in [7, 11) is 1.53. The van der Waals surface area contributed by atoms with E-state index in [-0.39, 0.29) is 17.3 Å². The number of nitrogens with zero attached hydrogens (tertiary/aromatic N) is 1. The Balaban J connectivity index is 2.25. The summed E-state index contributed by atoms with van der Waals surface area (Å²) in [6.07, 6.45) is 0. The number of carbonyl (C=O) groups excluding carboxylic acids is 1. The molecule has 2 N–H and O–H groups in total. The topological polar surface area (TPSA) is 93.5 Å². The third kappa shape index (κ3) is 4.22. The molecule has 0 aromatic heterocycles. The molecule has 0 fully saturated rings. The van der Waals surface area contributed by atoms with Crippen molar-refractivity contribution in [2.45, 2.75) is 19.9 Å². The zero-order valence-electron chi connectivity index (χ0n) is 13.7. The minimum Gasteiger partial charge on any atom is -0.497 e. The number of nitro benzene ring substituents is 1. The van der Waals surface area contributed by atoms with Gasteiger partial charge >= 0.3 is 0 Å². The number of ether oxygens (including phenoxy) is 1. The van der Waals surface area contributed by atoms with Crippen LogP contribution in [-0.4, -0.2) is 24.0 Å². The summed E-state index contributed by atoms with van der Waals surface area (Å²) in [5.41, 5.74) is 1.00. The van der Waals surface area contributed by atoms with Gasteiger partial charge in [-0.2, -0.15) is 0 Å². The molecular formula is C17H19N3O4. The highest BCUT2D eigenvalue weighted by atomic mass is 16.6. The van der Waals surface area contributed by atoms with Gasteiger partial charge in [0.05, 0.1) is 12.0 Å². The molecule has 0 aliphatic carbocycles. The van der Waals surface area contributed by atoms with E-state index in [9.17, 15) is 14.9 Å². The lowest BCUT2D eigenvalue weighted by Gasteiger charge is -2.11. The molecule has 0 aliphatic heterocycles. The smallest absolute Gasteiger partial charge is 0.293 e. The Kier molecular flexibility index (Phi) is 5.36. The minimum atomic E-state index is -0.507. The Labute approximate surface area is 139 Å². The van der Waals surface area contributed by atoms with Crippen LogP contribution >= 0.6 is 0 Å². The first-order valence-electron chi connectivity index (χ1n) is 7.41. The lowest BCUT2D eigenvalue weighted by atomic mass is 10.1. The van der Waals surface area contributed by atoms with Crippen LogP contribution in [0.4, 0.5) is 17.1 Å². The SMILES string of the molecule is COc1cccc(NC(=O)c2ccc(NC(C)C)c([N+](=O)[O-])c2)c1. The first-order chi connectivity index (χ1) is 11.4. The van der Waals surface area contributed by atoms with Gasteiger partial charge in [0.25, 0.3) is 11.6 Å². The van der Waals surface area contributed by atoms with E-state index in [0.29, 0.717) is 17.1 Å². The number of benzene rings is 2. The predicted octanol–water partition coefficient (Wildman–Crippen LogP) is 3.68. The van der Waals surface area contributed by atoms with Crippen LogP contribution in [0.5, 0.6) is 5.75 Å². The fourth-order valence-electron chi connectivity index (χ4n) is 2.16. The van der Waals surface area contributed by atoms with E-state index in [1.165, 1.54) is 13.2 Å². The maximum atomic E-state index is 12.3. The number of carbonyl (C=O) groups is 1. The summed E-state index contributed by atoms with van der Waals surface area (Å²) in [4.78, 5) is 23.1. The van der Waals surface area contributed by atoms with Gasteiger partial charge in [-0.3, -0.25) is 14.9 Å². The second-order valence-electron chi connectivity index (χ2n) is 5.47. The molecule has 126 valence electrons. The molecule has 0 heterocycles. The zero-order chi connectivity index (χ0) is 17.7. The Hall–Kier alpha value is -3.09. The first-order valence-corrected chi connectivity index (χ1v) is 7.41. The maximum absolute atomic E-state index is 12.3. The van der Waals surface area contributed by atoms with Gasteiger partial charge < -0.3 is 15.4 Å². The van der Waals surface area contributed by atoms with Crippen LogP contribution in [0.15, 0.2) is 42.5 Å². The molecule has 2 aromatic rings. The van der Waals surface area contributed by atoms with Gasteiger partial charge in [0.2, 0.25) is 0 Å². The van der Waals surface area contributed by atoms with Gasteiger partial charge in [0, 0.05) is 29.4 Å². The van der Waals surface area contributed by atoms with Gasteiger partial charge in [-0.1, -0.05) is 6.07 Å². The summed E-state index contributed by atoms with van der Waals surface area (Å²) in [5, 5.41) is 16.9. The molecule has 24 heavy (non-hydrogen) atoms. The molecule has 1 amide bonds. The van der Waals surface area contributed by atoms with Gasteiger partial charge in [-0.15, -0.1) is 0 Å². The minimum absolute atomic E-state index is 0.0418. The van der Waals surface area contributed by atoms with Crippen LogP contribution in [0.1, 0.15) is 24.2 Å². The van der Waals surface area contributed by atoms with Crippen molar-refractivity contribution in [1.82, 2.24) is 0 Å². The van der Waals surface area contributed by atoms with Crippen LogP contribution in [0.25, 0.3) is 0 Å². The zero-order valence-corrected chi connectivity index (χ0v) is 13.7. The molecule has 0 aliphatic rings. The lowest BCUT2D eigenvalue weighted by molar-refractivity contribution is -0.384. The van der Waals surface area contributed by atoms with Crippen molar-refractivity contribution in [3.63, 3.8) is 0 Å². The largest absolute Gasteiger partial charge is 0.497 e. The van der Waals surface area contributed by atoms with Crippen molar-refractivity contribution < 1.29 is 14.5 Å². The average molecular weight is 329 g/mol. The van der Waals surface area contributed by atoms with E-state index in [4.69, 9.17) is 4.74 Å². The van der Waals surface area contributed by atoms with Gasteiger partial charge in [0.1, 0.15) is 11.4 Å². The normalized spacial score (nSPS) is 10.3. The highest BCUT2D eigenvalue weighted by Crippen LogP contribution is 2.27. The standard InChI is InChI=1S/C17H19N3O4/c1-11(2)18-15-8-7-12(9-16(15)20(22)23)17(21)19-13-5-4-6-14(10-13)24-3/h4-11,18H,1-3H3,(H,19,21). The monoisotopic (exact) mass is 329 g/mol. The summed E-state index contributed by atoms with van der Waals surface area (Å²) in [5.74, 6) is 0.178. The van der Waals surface area contributed by atoms with Crippen molar-refractivity contribution in [3.05, 3.63) is 58.1 Å². The molecule has 7 heteroatoms. The van der Waals surface area contributed by atoms with E-state index >= 15 is 0 Å². The van der Waals surface area contributed by atoms with E-state index in [2.05, 4.69) is 10.6 Å². The third-order valence-corrected chi connectivity index (χ3v) is 3.23. The van der Waals surface area contributed by atoms with Crippen molar-refractivity contribution in [3.8, 4) is 5.75 Å². The second kappa shape index (κ2) is 7.45. The molecule has 2 rings (SSSR count). The van der Waals surface area contributed by atoms with Gasteiger partial charge in [-0.25, -0.2) is 0 Å². The lowest BCUT2D eigenvalue weighted by Crippen LogP contribution is -2.14. The van der Waals surface area contributed by atoms with Crippen LogP contribution in [0.2, 0.25) is 0 Å². The summed E-state index contributed by atoms with van der Waals surface area (Å²) in [6.45, 7) is 3.76. The molecule has 0 atom stereocenters. The van der Waals surface area contributed by atoms with Crippen molar-refractivity contribution in [1.29, 1.82) is 0 Å². The number of hydrogen-bond acceptors (Lipinski definition) is 5. The number of rotatable bonds is 6. The number of anilines is 2. The molecule has 0 bridgehead atoms.